The van der Waals surface area contributed by atoms with E-state index in [1.807, 2.05) is 26.0 Å². The van der Waals surface area contributed by atoms with E-state index in [0.29, 0.717) is 38.9 Å². The zero-order chi connectivity index (χ0) is 26.8. The fraction of sp³-hybridized carbons (Fsp3) is 0.214. The number of ether oxygens (including phenoxy) is 1. The molecule has 0 aliphatic heterocycles. The lowest BCUT2D eigenvalue weighted by Crippen LogP contribution is -2.46. The molecular weight excluding hydrogens is 511 g/mol. The second-order valence-electron chi connectivity index (χ2n) is 8.68. The summed E-state index contributed by atoms with van der Waals surface area (Å²) in [4.78, 5) is 25.5. The molecule has 0 heterocycles. The van der Waals surface area contributed by atoms with Crippen molar-refractivity contribution < 1.29 is 14.3 Å². The summed E-state index contributed by atoms with van der Waals surface area (Å²) < 4.78 is 5.91. The summed E-state index contributed by atoms with van der Waals surface area (Å²) in [5.74, 6) is -0.161. The van der Waals surface area contributed by atoms with Gasteiger partial charge in [-0.25, -0.2) is 5.43 Å². The first kappa shape index (κ1) is 27.7. The molecule has 3 aromatic rings. The average Bonchev–Trinajstić information content (AvgIpc) is 2.88. The van der Waals surface area contributed by atoms with Crippen LogP contribution in [-0.4, -0.2) is 24.1 Å². The summed E-state index contributed by atoms with van der Waals surface area (Å²) in [6, 6.07) is 19.9. The number of halogens is 2. The number of carbonyl (C=O) groups excluding carboxylic acids is 2. The van der Waals surface area contributed by atoms with Crippen LogP contribution >= 0.6 is 23.2 Å². The average molecular weight is 537 g/mol. The van der Waals surface area contributed by atoms with Gasteiger partial charge in [-0.05, 0) is 72.5 Å². The van der Waals surface area contributed by atoms with Gasteiger partial charge in [0.1, 0.15) is 18.4 Å². The Balaban J connectivity index is 1.66. The SMILES string of the molecule is CC(C)CC(NC(=O)c1ccc(Cl)cc1)C(=O)NN=Cc1cc(Cl)ccc1OCc1ccc(C#N)cc1. The third-order valence-corrected chi connectivity index (χ3v) is 5.75. The third kappa shape index (κ3) is 8.64. The maximum Gasteiger partial charge on any atom is 0.262 e. The fourth-order valence-corrected chi connectivity index (χ4v) is 3.68. The maximum absolute atomic E-state index is 12.9. The molecule has 9 heteroatoms. The third-order valence-electron chi connectivity index (χ3n) is 5.26. The zero-order valence-corrected chi connectivity index (χ0v) is 21.9. The molecule has 0 saturated carbocycles. The predicted molar refractivity (Wildman–Crippen MR) is 145 cm³/mol. The molecule has 3 rings (SSSR count). The minimum atomic E-state index is -0.785. The fourth-order valence-electron chi connectivity index (χ4n) is 3.38. The number of hydrogen-bond acceptors (Lipinski definition) is 5. The van der Waals surface area contributed by atoms with Crippen molar-refractivity contribution in [2.45, 2.75) is 32.9 Å². The van der Waals surface area contributed by atoms with E-state index >= 15 is 0 Å². The van der Waals surface area contributed by atoms with Crippen LogP contribution in [-0.2, 0) is 11.4 Å². The maximum atomic E-state index is 12.9. The molecule has 37 heavy (non-hydrogen) atoms. The highest BCUT2D eigenvalue weighted by Crippen LogP contribution is 2.22. The van der Waals surface area contributed by atoms with Gasteiger partial charge in [-0.2, -0.15) is 10.4 Å². The van der Waals surface area contributed by atoms with Crippen LogP contribution in [0.1, 0.15) is 47.3 Å². The topological polar surface area (TPSA) is 104 Å². The first-order chi connectivity index (χ1) is 17.7. The Hall–Kier alpha value is -3.86. The summed E-state index contributed by atoms with van der Waals surface area (Å²) in [6.45, 7) is 4.19. The van der Waals surface area contributed by atoms with E-state index in [9.17, 15) is 9.59 Å². The highest BCUT2D eigenvalue weighted by Gasteiger charge is 2.22. The van der Waals surface area contributed by atoms with E-state index in [-0.39, 0.29) is 18.4 Å². The van der Waals surface area contributed by atoms with Gasteiger partial charge in [-0.15, -0.1) is 0 Å². The van der Waals surface area contributed by atoms with Gasteiger partial charge in [0.25, 0.3) is 11.8 Å². The summed E-state index contributed by atoms with van der Waals surface area (Å²) in [6.07, 6.45) is 1.86. The number of hydrazone groups is 1. The highest BCUT2D eigenvalue weighted by molar-refractivity contribution is 6.31. The van der Waals surface area contributed by atoms with Gasteiger partial charge in [0.15, 0.2) is 0 Å². The molecule has 0 aliphatic carbocycles. The van der Waals surface area contributed by atoms with E-state index in [0.717, 1.165) is 5.56 Å². The van der Waals surface area contributed by atoms with E-state index in [1.165, 1.54) is 6.21 Å². The molecule has 0 radical (unpaired) electrons. The lowest BCUT2D eigenvalue weighted by Gasteiger charge is -2.19. The minimum absolute atomic E-state index is 0.153. The van der Waals surface area contributed by atoms with Gasteiger partial charge in [0.2, 0.25) is 0 Å². The van der Waals surface area contributed by atoms with Crippen molar-refractivity contribution in [3.8, 4) is 11.8 Å². The summed E-state index contributed by atoms with van der Waals surface area (Å²) in [5, 5.41) is 16.8. The molecule has 0 spiro atoms. The van der Waals surface area contributed by atoms with E-state index in [4.69, 9.17) is 33.2 Å². The molecule has 0 fully saturated rings. The van der Waals surface area contributed by atoms with Gasteiger partial charge in [-0.3, -0.25) is 9.59 Å². The van der Waals surface area contributed by atoms with E-state index in [1.54, 1.807) is 54.6 Å². The lowest BCUT2D eigenvalue weighted by molar-refractivity contribution is -0.123. The number of nitrogens with one attached hydrogen (secondary N) is 2. The number of benzene rings is 3. The highest BCUT2D eigenvalue weighted by atomic mass is 35.5. The first-order valence-electron chi connectivity index (χ1n) is 11.6. The Morgan fingerprint density at radius 1 is 1.03 bits per heavy atom. The van der Waals surface area contributed by atoms with Crippen molar-refractivity contribution in [1.29, 1.82) is 5.26 Å². The summed E-state index contributed by atoms with van der Waals surface area (Å²) >= 11 is 12.0. The Bertz CT molecular complexity index is 1300. The molecule has 7 nitrogen and oxygen atoms in total. The van der Waals surface area contributed by atoms with Crippen LogP contribution in [0.25, 0.3) is 0 Å². The standard InChI is InChI=1S/C28H26Cl2N4O3/c1-18(2)13-25(33-27(35)21-7-9-23(29)10-8-21)28(36)34-32-16-22-14-24(30)11-12-26(22)37-17-20-5-3-19(15-31)4-6-20/h3-12,14,16,18,25H,13,17H2,1-2H3,(H,33,35)(H,34,36). The molecule has 3 aromatic carbocycles. The number of nitrogens with zero attached hydrogens (tertiary/aromatic N) is 2. The number of hydrogen-bond donors (Lipinski definition) is 2. The number of nitriles is 1. The van der Waals surface area contributed by atoms with Crippen molar-refractivity contribution in [1.82, 2.24) is 10.7 Å². The molecule has 1 atom stereocenters. The quantitative estimate of drug-likeness (QED) is 0.254. The number of amides is 2. The normalized spacial score (nSPS) is 11.7. The second kappa shape index (κ2) is 13.4. The molecule has 0 aromatic heterocycles. The summed E-state index contributed by atoms with van der Waals surface area (Å²) in [5.41, 5.74) is 4.92. The molecule has 0 saturated heterocycles. The van der Waals surface area contributed by atoms with Crippen LogP contribution in [0.3, 0.4) is 0 Å². The molecule has 190 valence electrons. The van der Waals surface area contributed by atoms with Crippen LogP contribution in [0.5, 0.6) is 5.75 Å². The van der Waals surface area contributed by atoms with Crippen molar-refractivity contribution in [2.75, 3.05) is 0 Å². The van der Waals surface area contributed by atoms with E-state index in [2.05, 4.69) is 21.9 Å². The molecule has 2 amide bonds. The number of carbonyl (C=O) groups is 2. The molecule has 0 bridgehead atoms. The smallest absolute Gasteiger partial charge is 0.262 e. The van der Waals surface area contributed by atoms with Crippen molar-refractivity contribution >= 4 is 41.2 Å². The zero-order valence-electron chi connectivity index (χ0n) is 20.4. The molecular formula is C28H26Cl2N4O3. The summed E-state index contributed by atoms with van der Waals surface area (Å²) in [7, 11) is 0. The predicted octanol–water partition coefficient (Wildman–Crippen LogP) is 5.74. The van der Waals surface area contributed by atoms with Crippen LogP contribution < -0.4 is 15.5 Å². The lowest BCUT2D eigenvalue weighted by atomic mass is 10.0. The minimum Gasteiger partial charge on any atom is -0.488 e. The number of rotatable bonds is 10. The largest absolute Gasteiger partial charge is 0.488 e. The molecule has 1 unspecified atom stereocenters. The van der Waals surface area contributed by atoms with Crippen LogP contribution in [0, 0.1) is 17.2 Å². The van der Waals surface area contributed by atoms with Crippen LogP contribution in [0.15, 0.2) is 71.8 Å². The monoisotopic (exact) mass is 536 g/mol. The van der Waals surface area contributed by atoms with Crippen LogP contribution in [0.2, 0.25) is 10.0 Å². The Labute approximate surface area is 226 Å². The van der Waals surface area contributed by atoms with Crippen molar-refractivity contribution in [3.05, 3.63) is 99.0 Å². The van der Waals surface area contributed by atoms with E-state index < -0.39 is 11.9 Å². The Morgan fingerprint density at radius 2 is 1.70 bits per heavy atom. The van der Waals surface area contributed by atoms with Gasteiger partial charge >= 0.3 is 0 Å². The van der Waals surface area contributed by atoms with Crippen molar-refractivity contribution in [2.24, 2.45) is 11.0 Å². The van der Waals surface area contributed by atoms with Crippen LogP contribution in [0.4, 0.5) is 0 Å². The Kier molecular flexibility index (Phi) is 10.1. The molecule has 0 aliphatic rings. The Morgan fingerprint density at radius 3 is 2.35 bits per heavy atom. The van der Waals surface area contributed by atoms with Gasteiger partial charge in [0, 0.05) is 21.2 Å². The van der Waals surface area contributed by atoms with Gasteiger partial charge in [-0.1, -0.05) is 49.2 Å². The second-order valence-corrected chi connectivity index (χ2v) is 9.55. The molecule has 2 N–H and O–H groups in total. The first-order valence-corrected chi connectivity index (χ1v) is 12.3. The van der Waals surface area contributed by atoms with Crippen molar-refractivity contribution in [3.63, 3.8) is 0 Å². The van der Waals surface area contributed by atoms with Gasteiger partial charge < -0.3 is 10.1 Å². The van der Waals surface area contributed by atoms with Gasteiger partial charge in [0.05, 0.1) is 17.8 Å².